The number of rotatable bonds is 8. The maximum absolute atomic E-state index is 13.1. The zero-order valence-corrected chi connectivity index (χ0v) is 18.6. The van der Waals surface area contributed by atoms with Crippen molar-refractivity contribution in [3.05, 3.63) is 83.7 Å². The highest BCUT2D eigenvalue weighted by Gasteiger charge is 2.41. The maximum Gasteiger partial charge on any atom is 0.187 e. The summed E-state index contributed by atoms with van der Waals surface area (Å²) in [4.78, 5) is 5.14. The maximum atomic E-state index is 13.1. The highest BCUT2D eigenvalue weighted by molar-refractivity contribution is 7.99. The fourth-order valence-electron chi connectivity index (χ4n) is 3.36. The van der Waals surface area contributed by atoms with Crippen molar-refractivity contribution >= 4 is 35.8 Å². The molecule has 0 aliphatic carbocycles. The van der Waals surface area contributed by atoms with Crippen LogP contribution in [0.1, 0.15) is 12.0 Å². The summed E-state index contributed by atoms with van der Waals surface area (Å²) in [6.07, 6.45) is 6.96. The lowest BCUT2D eigenvalue weighted by Crippen LogP contribution is -2.37. The van der Waals surface area contributed by atoms with Gasteiger partial charge in [-0.25, -0.2) is 9.37 Å². The van der Waals surface area contributed by atoms with Gasteiger partial charge in [-0.1, -0.05) is 23.7 Å². The minimum atomic E-state index is -0.700. The molecule has 2 heterocycles. The van der Waals surface area contributed by atoms with Gasteiger partial charge in [-0.2, -0.15) is 0 Å². The molecule has 1 aliphatic rings. The first kappa shape index (κ1) is 23.1. The highest BCUT2D eigenvalue weighted by Crippen LogP contribution is 2.33. The molecule has 0 radical (unpaired) electrons. The van der Waals surface area contributed by atoms with Crippen LogP contribution in [0.2, 0.25) is 5.02 Å². The monoisotopic (exact) mass is 468 g/mol. The van der Waals surface area contributed by atoms with Crippen LogP contribution in [0.3, 0.4) is 0 Å². The molecule has 2 aromatic carbocycles. The van der Waals surface area contributed by atoms with Gasteiger partial charge in [0.05, 0.1) is 25.6 Å². The van der Waals surface area contributed by atoms with Gasteiger partial charge < -0.3 is 14.0 Å². The Hall–Kier alpha value is -1.57. The van der Waals surface area contributed by atoms with Crippen molar-refractivity contribution in [1.82, 2.24) is 9.55 Å². The Balaban J connectivity index is 0.00000256. The molecule has 2 atom stereocenters. The SMILES string of the molecule is Cl.Fc1ccc(SC[C@@H]2CO[C@@](CCc3ccc(Cl)cc3)(Cn3ccnc3)O2)cc1. The molecular weight excluding hydrogens is 446 g/mol. The standard InChI is InChI=1S/C22H22ClFN2O2S.ClH/c23-18-3-1-17(2-4-18)9-10-22(15-26-12-11-25-16-26)27-13-20(28-22)14-29-21-7-5-19(24)6-8-21;/h1-8,11-12,16,20H,9-10,13-15H2;1H/t20-,22+;/m0./s1. The molecule has 0 amide bonds. The molecule has 0 unspecified atom stereocenters. The van der Waals surface area contributed by atoms with E-state index in [1.165, 1.54) is 17.7 Å². The summed E-state index contributed by atoms with van der Waals surface area (Å²) >= 11 is 7.64. The summed E-state index contributed by atoms with van der Waals surface area (Å²) < 4.78 is 27.7. The average molecular weight is 469 g/mol. The van der Waals surface area contributed by atoms with E-state index >= 15 is 0 Å². The molecule has 3 aromatic rings. The number of ether oxygens (including phenoxy) is 2. The van der Waals surface area contributed by atoms with E-state index in [0.717, 1.165) is 28.5 Å². The zero-order valence-electron chi connectivity index (χ0n) is 16.2. The predicted molar refractivity (Wildman–Crippen MR) is 120 cm³/mol. The van der Waals surface area contributed by atoms with E-state index in [2.05, 4.69) is 4.98 Å². The van der Waals surface area contributed by atoms with Crippen LogP contribution >= 0.6 is 35.8 Å². The zero-order chi connectivity index (χ0) is 20.1. The molecule has 4 nitrogen and oxygen atoms in total. The number of imidazole rings is 1. The largest absolute Gasteiger partial charge is 0.345 e. The number of aryl methyl sites for hydroxylation is 1. The van der Waals surface area contributed by atoms with Crippen molar-refractivity contribution in [2.45, 2.75) is 36.2 Å². The molecule has 0 spiro atoms. The second-order valence-corrected chi connectivity index (χ2v) is 8.62. The summed E-state index contributed by atoms with van der Waals surface area (Å²) in [7, 11) is 0. The summed E-state index contributed by atoms with van der Waals surface area (Å²) in [5, 5.41) is 0.730. The molecule has 1 saturated heterocycles. The predicted octanol–water partition coefficient (Wildman–Crippen LogP) is 5.63. The Morgan fingerprint density at radius 3 is 2.63 bits per heavy atom. The minimum Gasteiger partial charge on any atom is -0.345 e. The fraction of sp³-hybridized carbons (Fsp3) is 0.318. The van der Waals surface area contributed by atoms with Crippen molar-refractivity contribution in [1.29, 1.82) is 0 Å². The number of hydrogen-bond donors (Lipinski definition) is 0. The molecule has 160 valence electrons. The second kappa shape index (κ2) is 10.6. The lowest BCUT2D eigenvalue weighted by molar-refractivity contribution is -0.180. The van der Waals surface area contributed by atoms with Crippen molar-refractivity contribution in [2.75, 3.05) is 12.4 Å². The summed E-state index contributed by atoms with van der Waals surface area (Å²) in [5.41, 5.74) is 1.19. The third kappa shape index (κ3) is 6.22. The molecule has 0 saturated carbocycles. The third-order valence-corrected chi connectivity index (χ3v) is 6.25. The first-order valence-electron chi connectivity index (χ1n) is 9.51. The first-order valence-corrected chi connectivity index (χ1v) is 10.9. The number of benzene rings is 2. The molecule has 0 N–H and O–H groups in total. The van der Waals surface area contributed by atoms with Gasteiger partial charge in [0, 0.05) is 34.5 Å². The van der Waals surface area contributed by atoms with Gasteiger partial charge in [-0.05, 0) is 48.4 Å². The number of thioether (sulfide) groups is 1. The molecule has 1 aromatic heterocycles. The summed E-state index contributed by atoms with van der Waals surface area (Å²) in [6, 6.07) is 14.4. The van der Waals surface area contributed by atoms with Gasteiger partial charge in [-0.15, -0.1) is 24.2 Å². The first-order chi connectivity index (χ1) is 14.1. The van der Waals surface area contributed by atoms with Crippen LogP contribution in [0.15, 0.2) is 72.1 Å². The Morgan fingerprint density at radius 2 is 1.93 bits per heavy atom. The smallest absolute Gasteiger partial charge is 0.187 e. The van der Waals surface area contributed by atoms with E-state index < -0.39 is 5.79 Å². The van der Waals surface area contributed by atoms with Crippen molar-refractivity contribution < 1.29 is 13.9 Å². The third-order valence-electron chi connectivity index (χ3n) is 4.85. The van der Waals surface area contributed by atoms with E-state index in [1.807, 2.05) is 35.0 Å². The number of halogens is 3. The minimum absolute atomic E-state index is 0. The second-order valence-electron chi connectivity index (χ2n) is 7.09. The van der Waals surface area contributed by atoms with E-state index in [-0.39, 0.29) is 24.3 Å². The Kier molecular flexibility index (Phi) is 8.20. The molecule has 30 heavy (non-hydrogen) atoms. The molecule has 1 aliphatic heterocycles. The van der Waals surface area contributed by atoms with E-state index in [4.69, 9.17) is 21.1 Å². The lowest BCUT2D eigenvalue weighted by Gasteiger charge is -2.28. The van der Waals surface area contributed by atoms with E-state index in [1.54, 1.807) is 36.4 Å². The molecular formula is C22H23Cl2FN2O2S. The van der Waals surface area contributed by atoms with Gasteiger partial charge in [0.2, 0.25) is 0 Å². The van der Waals surface area contributed by atoms with Crippen LogP contribution in [0, 0.1) is 5.82 Å². The molecule has 0 bridgehead atoms. The quantitative estimate of drug-likeness (QED) is 0.401. The van der Waals surface area contributed by atoms with E-state index in [9.17, 15) is 4.39 Å². The fourth-order valence-corrected chi connectivity index (χ4v) is 4.35. The molecule has 1 fully saturated rings. The highest BCUT2D eigenvalue weighted by atomic mass is 35.5. The van der Waals surface area contributed by atoms with Crippen LogP contribution < -0.4 is 0 Å². The Labute approximate surface area is 191 Å². The Bertz CT molecular complexity index is 910. The Morgan fingerprint density at radius 1 is 1.17 bits per heavy atom. The summed E-state index contributed by atoms with van der Waals surface area (Å²) in [5.74, 6) is -0.177. The van der Waals surface area contributed by atoms with Crippen LogP contribution in [0.25, 0.3) is 0 Å². The van der Waals surface area contributed by atoms with Gasteiger partial charge in [0.1, 0.15) is 5.82 Å². The number of nitrogens with zero attached hydrogens (tertiary/aromatic N) is 2. The topological polar surface area (TPSA) is 36.3 Å². The normalized spacial score (nSPS) is 20.8. The van der Waals surface area contributed by atoms with Gasteiger partial charge >= 0.3 is 0 Å². The lowest BCUT2D eigenvalue weighted by atomic mass is 10.0. The van der Waals surface area contributed by atoms with Gasteiger partial charge in [0.25, 0.3) is 0 Å². The van der Waals surface area contributed by atoms with Gasteiger partial charge in [0.15, 0.2) is 5.79 Å². The molecule has 4 rings (SSSR count). The van der Waals surface area contributed by atoms with Crippen LogP contribution in [0.4, 0.5) is 4.39 Å². The van der Waals surface area contributed by atoms with Crippen LogP contribution in [-0.2, 0) is 22.4 Å². The molecule has 8 heteroatoms. The van der Waals surface area contributed by atoms with Crippen molar-refractivity contribution in [3.63, 3.8) is 0 Å². The summed E-state index contributed by atoms with van der Waals surface area (Å²) in [6.45, 7) is 1.11. The van der Waals surface area contributed by atoms with Crippen LogP contribution in [0.5, 0.6) is 0 Å². The van der Waals surface area contributed by atoms with E-state index in [0.29, 0.717) is 13.2 Å². The number of aromatic nitrogens is 2. The van der Waals surface area contributed by atoms with Crippen molar-refractivity contribution in [2.24, 2.45) is 0 Å². The number of hydrogen-bond acceptors (Lipinski definition) is 4. The van der Waals surface area contributed by atoms with Gasteiger partial charge in [-0.3, -0.25) is 0 Å². The van der Waals surface area contributed by atoms with Crippen LogP contribution in [-0.4, -0.2) is 33.8 Å². The average Bonchev–Trinajstić information content (AvgIpc) is 3.38. The van der Waals surface area contributed by atoms with Crippen molar-refractivity contribution in [3.8, 4) is 0 Å².